The molecule has 0 aromatic heterocycles. The number of hydrogen-bond acceptors (Lipinski definition) is 2. The van der Waals surface area contributed by atoms with Gasteiger partial charge in [0.2, 0.25) is 0 Å². The van der Waals surface area contributed by atoms with E-state index in [4.69, 9.17) is 0 Å². The van der Waals surface area contributed by atoms with Crippen molar-refractivity contribution in [2.24, 2.45) is 0 Å². The Balaban J connectivity index is 1.69. The molecule has 0 saturated heterocycles. The second-order valence-corrected chi connectivity index (χ2v) is 12.5. The summed E-state index contributed by atoms with van der Waals surface area (Å²) in [4.78, 5) is 1.35. The van der Waals surface area contributed by atoms with Gasteiger partial charge < -0.3 is 5.32 Å². The molecule has 0 unspecified atom stereocenters. The topological polar surface area (TPSA) is 12.0 Å². The van der Waals surface area contributed by atoms with Gasteiger partial charge >= 0.3 is 0 Å². The van der Waals surface area contributed by atoms with E-state index in [-0.39, 0.29) is 0 Å². The van der Waals surface area contributed by atoms with Crippen LogP contribution < -0.4 is 10.5 Å². The highest BCUT2D eigenvalue weighted by Gasteiger charge is 2.15. The highest BCUT2D eigenvalue weighted by Crippen LogP contribution is 2.15. The quantitative estimate of drug-likeness (QED) is 0.469. The standard InChI is InChI=1S/C18H25NSSi/c1-21(2,3)18-11-9-16(10-12-18)15-19-13-14-20-17-7-5-4-6-8-17/h4-12,19H,13-15H2,1-3H3. The third-order valence-corrected chi connectivity index (χ3v) is 6.52. The smallest absolute Gasteiger partial charge is 0.0775 e. The fourth-order valence-corrected chi connectivity index (χ4v) is 4.11. The van der Waals surface area contributed by atoms with Crippen molar-refractivity contribution in [3.05, 3.63) is 60.2 Å². The minimum atomic E-state index is -1.16. The molecule has 3 heteroatoms. The van der Waals surface area contributed by atoms with Crippen molar-refractivity contribution in [3.8, 4) is 0 Å². The first-order valence-corrected chi connectivity index (χ1v) is 12.0. The van der Waals surface area contributed by atoms with Crippen LogP contribution in [0.2, 0.25) is 19.6 Å². The lowest BCUT2D eigenvalue weighted by atomic mass is 10.2. The second-order valence-electron chi connectivity index (χ2n) is 6.29. The molecular formula is C18H25NSSi. The van der Waals surface area contributed by atoms with E-state index in [0.29, 0.717) is 0 Å². The molecule has 112 valence electrons. The summed E-state index contributed by atoms with van der Waals surface area (Å²) in [7, 11) is -1.16. The molecule has 0 atom stereocenters. The maximum Gasteiger partial charge on any atom is 0.0775 e. The predicted octanol–water partition coefficient (Wildman–Crippen LogP) is 4.11. The predicted molar refractivity (Wildman–Crippen MR) is 98.3 cm³/mol. The molecule has 0 spiro atoms. The number of thioether (sulfide) groups is 1. The van der Waals surface area contributed by atoms with Gasteiger partial charge in [-0.1, -0.05) is 67.3 Å². The molecule has 0 aliphatic carbocycles. The molecule has 1 N–H and O–H groups in total. The van der Waals surface area contributed by atoms with Crippen molar-refractivity contribution in [1.29, 1.82) is 0 Å². The first kappa shape index (κ1) is 16.3. The van der Waals surface area contributed by atoms with Crippen molar-refractivity contribution in [1.82, 2.24) is 5.32 Å². The lowest BCUT2D eigenvalue weighted by molar-refractivity contribution is 0.732. The van der Waals surface area contributed by atoms with E-state index in [0.717, 1.165) is 18.8 Å². The molecule has 2 aromatic carbocycles. The van der Waals surface area contributed by atoms with Crippen LogP contribution in [-0.2, 0) is 6.54 Å². The molecular weight excluding hydrogens is 290 g/mol. The Bertz CT molecular complexity index is 531. The molecule has 21 heavy (non-hydrogen) atoms. The van der Waals surface area contributed by atoms with E-state index in [1.54, 1.807) is 0 Å². The Hall–Kier alpha value is -1.03. The zero-order valence-corrected chi connectivity index (χ0v) is 15.0. The molecule has 0 saturated carbocycles. The average molecular weight is 316 g/mol. The van der Waals surface area contributed by atoms with Crippen LogP contribution in [0.4, 0.5) is 0 Å². The number of rotatable bonds is 7. The zero-order valence-electron chi connectivity index (χ0n) is 13.2. The highest BCUT2D eigenvalue weighted by molar-refractivity contribution is 7.99. The molecule has 0 amide bonds. The van der Waals surface area contributed by atoms with Crippen LogP contribution in [0.3, 0.4) is 0 Å². The number of hydrogen-bond donors (Lipinski definition) is 1. The Morgan fingerprint density at radius 3 is 2.19 bits per heavy atom. The normalized spacial score (nSPS) is 11.6. The third kappa shape index (κ3) is 5.69. The van der Waals surface area contributed by atoms with Gasteiger partial charge in [-0.05, 0) is 17.7 Å². The van der Waals surface area contributed by atoms with E-state index in [2.05, 4.69) is 79.6 Å². The largest absolute Gasteiger partial charge is 0.312 e. The first-order valence-electron chi connectivity index (χ1n) is 7.54. The van der Waals surface area contributed by atoms with Gasteiger partial charge in [-0.2, -0.15) is 0 Å². The molecule has 2 aromatic rings. The van der Waals surface area contributed by atoms with Gasteiger partial charge in [0.25, 0.3) is 0 Å². The number of benzene rings is 2. The van der Waals surface area contributed by atoms with Crippen LogP contribution in [0.1, 0.15) is 5.56 Å². The summed E-state index contributed by atoms with van der Waals surface area (Å²) in [6.07, 6.45) is 0. The van der Waals surface area contributed by atoms with Crippen molar-refractivity contribution in [2.75, 3.05) is 12.3 Å². The van der Waals surface area contributed by atoms with Crippen molar-refractivity contribution >= 4 is 25.0 Å². The van der Waals surface area contributed by atoms with Gasteiger partial charge in [-0.15, -0.1) is 11.8 Å². The Labute approximate surface area is 134 Å². The maximum absolute atomic E-state index is 3.52. The van der Waals surface area contributed by atoms with Crippen LogP contribution in [0, 0.1) is 0 Å². The van der Waals surface area contributed by atoms with Crippen LogP contribution in [-0.4, -0.2) is 20.4 Å². The summed E-state index contributed by atoms with van der Waals surface area (Å²) >= 11 is 1.90. The summed E-state index contributed by atoms with van der Waals surface area (Å²) in [6, 6.07) is 19.7. The monoisotopic (exact) mass is 315 g/mol. The van der Waals surface area contributed by atoms with Crippen LogP contribution in [0.5, 0.6) is 0 Å². The SMILES string of the molecule is C[Si](C)(C)c1ccc(CNCCSc2ccccc2)cc1. The van der Waals surface area contributed by atoms with Gasteiger partial charge in [-0.3, -0.25) is 0 Å². The number of nitrogens with one attached hydrogen (secondary N) is 1. The van der Waals surface area contributed by atoms with Gasteiger partial charge in [0, 0.05) is 23.7 Å². The van der Waals surface area contributed by atoms with Crippen molar-refractivity contribution < 1.29 is 0 Å². The minimum Gasteiger partial charge on any atom is -0.312 e. The fourth-order valence-electron chi connectivity index (χ4n) is 2.11. The highest BCUT2D eigenvalue weighted by atomic mass is 32.2. The summed E-state index contributed by atoms with van der Waals surface area (Å²) in [6.45, 7) is 9.17. The van der Waals surface area contributed by atoms with E-state index in [9.17, 15) is 0 Å². The molecule has 0 radical (unpaired) electrons. The molecule has 0 bridgehead atoms. The Morgan fingerprint density at radius 2 is 1.57 bits per heavy atom. The first-order chi connectivity index (χ1) is 10.1. The van der Waals surface area contributed by atoms with E-state index in [1.807, 2.05) is 11.8 Å². The van der Waals surface area contributed by atoms with Crippen molar-refractivity contribution in [2.45, 2.75) is 31.1 Å². The van der Waals surface area contributed by atoms with Crippen LogP contribution in [0.15, 0.2) is 59.5 Å². The molecule has 2 rings (SSSR count). The lowest BCUT2D eigenvalue weighted by Crippen LogP contribution is -2.37. The van der Waals surface area contributed by atoms with E-state index < -0.39 is 8.07 Å². The Kier molecular flexibility index (Phi) is 6.09. The Morgan fingerprint density at radius 1 is 0.905 bits per heavy atom. The summed E-state index contributed by atoms with van der Waals surface area (Å²) in [5.74, 6) is 1.11. The molecule has 0 aliphatic rings. The fraction of sp³-hybridized carbons (Fsp3) is 0.333. The van der Waals surface area contributed by atoms with Crippen LogP contribution in [0.25, 0.3) is 0 Å². The van der Waals surface area contributed by atoms with E-state index in [1.165, 1.54) is 15.6 Å². The summed E-state index contributed by atoms with van der Waals surface area (Å²) in [5, 5.41) is 5.05. The molecule has 0 heterocycles. The minimum absolute atomic E-state index is 0.960. The molecule has 0 fully saturated rings. The average Bonchev–Trinajstić information content (AvgIpc) is 2.47. The summed E-state index contributed by atoms with van der Waals surface area (Å²) in [5.41, 5.74) is 1.38. The van der Waals surface area contributed by atoms with Crippen LogP contribution >= 0.6 is 11.8 Å². The second kappa shape index (κ2) is 7.83. The van der Waals surface area contributed by atoms with Gasteiger partial charge in [-0.25, -0.2) is 0 Å². The zero-order chi connectivity index (χ0) is 15.1. The van der Waals surface area contributed by atoms with E-state index >= 15 is 0 Å². The van der Waals surface area contributed by atoms with Gasteiger partial charge in [0.15, 0.2) is 0 Å². The third-order valence-electron chi connectivity index (χ3n) is 3.44. The molecule has 1 nitrogen and oxygen atoms in total. The van der Waals surface area contributed by atoms with Gasteiger partial charge in [0.1, 0.15) is 0 Å². The lowest BCUT2D eigenvalue weighted by Gasteiger charge is -2.16. The van der Waals surface area contributed by atoms with Crippen molar-refractivity contribution in [3.63, 3.8) is 0 Å². The molecule has 0 aliphatic heterocycles. The van der Waals surface area contributed by atoms with Gasteiger partial charge in [0.05, 0.1) is 8.07 Å². The summed E-state index contributed by atoms with van der Waals surface area (Å²) < 4.78 is 0. The maximum atomic E-state index is 3.52.